The number of hydrogen-bond donors (Lipinski definition) is 2. The van der Waals surface area contributed by atoms with Gasteiger partial charge in [-0.1, -0.05) is 38.7 Å². The Balaban J connectivity index is 1.94. The molecule has 2 rings (SSSR count). The molecule has 0 aromatic carbocycles. The highest BCUT2D eigenvalue weighted by molar-refractivity contribution is 5.21. The van der Waals surface area contributed by atoms with Crippen LogP contribution in [-0.2, 0) is 6.54 Å². The van der Waals surface area contributed by atoms with E-state index in [2.05, 4.69) is 41.6 Å². The third-order valence-corrected chi connectivity index (χ3v) is 3.80. The average molecular weight is 252 g/mol. The number of aromatic nitrogens is 2. The van der Waals surface area contributed by atoms with Crippen LogP contribution in [0.25, 0.3) is 0 Å². The molecule has 102 valence electrons. The molecule has 0 amide bonds. The van der Waals surface area contributed by atoms with E-state index in [1.54, 1.807) is 0 Å². The molecule has 1 aliphatic rings. The van der Waals surface area contributed by atoms with Gasteiger partial charge in [0.05, 0.1) is 6.54 Å². The topological polar surface area (TPSA) is 63.0 Å². The lowest BCUT2D eigenvalue weighted by Gasteiger charge is -2.38. The number of nitrogens with zero attached hydrogens (tertiary/aromatic N) is 2. The van der Waals surface area contributed by atoms with Crippen LogP contribution in [0.1, 0.15) is 52.3 Å². The van der Waals surface area contributed by atoms with Gasteiger partial charge in [-0.25, -0.2) is 0 Å². The van der Waals surface area contributed by atoms with Crippen LogP contribution in [0.2, 0.25) is 0 Å². The van der Waals surface area contributed by atoms with Crippen molar-refractivity contribution in [3.05, 3.63) is 5.89 Å². The predicted molar refractivity (Wildman–Crippen MR) is 71.3 cm³/mol. The molecule has 0 bridgehead atoms. The fourth-order valence-corrected chi connectivity index (χ4v) is 2.53. The van der Waals surface area contributed by atoms with Crippen molar-refractivity contribution in [3.8, 4) is 0 Å². The van der Waals surface area contributed by atoms with Crippen LogP contribution in [0.5, 0.6) is 0 Å². The Morgan fingerprint density at radius 2 is 2.17 bits per heavy atom. The molecular weight excluding hydrogens is 228 g/mol. The summed E-state index contributed by atoms with van der Waals surface area (Å²) < 4.78 is 5.59. The van der Waals surface area contributed by atoms with Gasteiger partial charge in [0.2, 0.25) is 5.89 Å². The summed E-state index contributed by atoms with van der Waals surface area (Å²) in [6, 6.07) is 0.988. The summed E-state index contributed by atoms with van der Waals surface area (Å²) in [7, 11) is 0. The van der Waals surface area contributed by atoms with Crippen LogP contribution < -0.4 is 10.6 Å². The predicted octanol–water partition coefficient (Wildman–Crippen LogP) is 2.56. The summed E-state index contributed by atoms with van der Waals surface area (Å²) in [6.45, 7) is 8.21. The average Bonchev–Trinajstić information content (AvgIpc) is 2.77. The quantitative estimate of drug-likeness (QED) is 0.843. The Morgan fingerprint density at radius 3 is 2.89 bits per heavy atom. The standard InChI is InChI=1S/C13H24N4O/c1-4-14-9-11-16-17-12(18-11)15-10-7-5-6-8-13(10,2)3/h10,14H,4-9H2,1-3H3,(H,15,17). The highest BCUT2D eigenvalue weighted by atomic mass is 16.4. The zero-order valence-corrected chi connectivity index (χ0v) is 11.6. The lowest BCUT2D eigenvalue weighted by molar-refractivity contribution is 0.214. The largest absolute Gasteiger partial charge is 0.407 e. The minimum Gasteiger partial charge on any atom is -0.407 e. The molecule has 1 aliphatic carbocycles. The molecule has 1 saturated carbocycles. The molecule has 1 fully saturated rings. The molecular formula is C13H24N4O. The zero-order chi connectivity index (χ0) is 13.0. The second-order valence-corrected chi connectivity index (χ2v) is 5.71. The van der Waals surface area contributed by atoms with Crippen LogP contribution in [0.15, 0.2) is 4.42 Å². The minimum atomic E-state index is 0.300. The molecule has 18 heavy (non-hydrogen) atoms. The summed E-state index contributed by atoms with van der Waals surface area (Å²) in [5.41, 5.74) is 0.300. The van der Waals surface area contributed by atoms with Crippen LogP contribution in [0.3, 0.4) is 0 Å². The summed E-state index contributed by atoms with van der Waals surface area (Å²) in [6.07, 6.45) is 5.03. The molecule has 5 nitrogen and oxygen atoms in total. The molecule has 1 heterocycles. The molecule has 1 aromatic heterocycles. The van der Waals surface area contributed by atoms with Crippen molar-refractivity contribution in [1.82, 2.24) is 15.5 Å². The van der Waals surface area contributed by atoms with E-state index >= 15 is 0 Å². The lowest BCUT2D eigenvalue weighted by Crippen LogP contribution is -2.39. The second-order valence-electron chi connectivity index (χ2n) is 5.71. The van der Waals surface area contributed by atoms with Gasteiger partial charge in [0, 0.05) is 6.04 Å². The zero-order valence-electron chi connectivity index (χ0n) is 11.6. The third-order valence-electron chi connectivity index (χ3n) is 3.80. The maximum Gasteiger partial charge on any atom is 0.315 e. The Kier molecular flexibility index (Phi) is 4.22. The number of hydrogen-bond acceptors (Lipinski definition) is 5. The smallest absolute Gasteiger partial charge is 0.315 e. The van der Waals surface area contributed by atoms with E-state index in [-0.39, 0.29) is 0 Å². The molecule has 5 heteroatoms. The number of nitrogens with one attached hydrogen (secondary N) is 2. The number of anilines is 1. The fourth-order valence-electron chi connectivity index (χ4n) is 2.53. The van der Waals surface area contributed by atoms with Gasteiger partial charge >= 0.3 is 6.01 Å². The highest BCUT2D eigenvalue weighted by Crippen LogP contribution is 2.36. The number of rotatable bonds is 5. The Bertz CT molecular complexity index is 375. The first-order chi connectivity index (χ1) is 8.62. The van der Waals surface area contributed by atoms with E-state index in [9.17, 15) is 0 Å². The van der Waals surface area contributed by atoms with Crippen LogP contribution in [0.4, 0.5) is 6.01 Å². The summed E-state index contributed by atoms with van der Waals surface area (Å²) in [5, 5.41) is 14.7. The Labute approximate surface area is 109 Å². The van der Waals surface area contributed by atoms with E-state index in [1.165, 1.54) is 25.7 Å². The molecule has 0 saturated heterocycles. The normalized spacial score (nSPS) is 22.9. The first kappa shape index (κ1) is 13.3. The van der Waals surface area contributed by atoms with Crippen molar-refractivity contribution >= 4 is 6.01 Å². The van der Waals surface area contributed by atoms with E-state index in [0.717, 1.165) is 6.54 Å². The molecule has 0 spiro atoms. The maximum absolute atomic E-state index is 5.59. The van der Waals surface area contributed by atoms with Gasteiger partial charge in [-0.15, -0.1) is 5.10 Å². The van der Waals surface area contributed by atoms with Gasteiger partial charge in [-0.2, -0.15) is 0 Å². The first-order valence-electron chi connectivity index (χ1n) is 6.91. The van der Waals surface area contributed by atoms with Gasteiger partial charge in [0.1, 0.15) is 0 Å². The summed E-state index contributed by atoms with van der Waals surface area (Å²) in [5.74, 6) is 0.646. The molecule has 0 radical (unpaired) electrons. The molecule has 1 atom stereocenters. The van der Waals surface area contributed by atoms with Crippen molar-refractivity contribution in [1.29, 1.82) is 0 Å². The Hall–Kier alpha value is -1.10. The van der Waals surface area contributed by atoms with Crippen molar-refractivity contribution in [2.45, 2.75) is 59.0 Å². The molecule has 2 N–H and O–H groups in total. The minimum absolute atomic E-state index is 0.300. The molecule has 1 unspecified atom stereocenters. The summed E-state index contributed by atoms with van der Waals surface area (Å²) in [4.78, 5) is 0. The molecule has 1 aromatic rings. The second kappa shape index (κ2) is 5.69. The molecule has 0 aliphatic heterocycles. The van der Waals surface area contributed by atoms with Gasteiger partial charge in [0.15, 0.2) is 0 Å². The van der Waals surface area contributed by atoms with Crippen LogP contribution in [0, 0.1) is 5.41 Å². The van der Waals surface area contributed by atoms with E-state index in [0.29, 0.717) is 29.9 Å². The van der Waals surface area contributed by atoms with E-state index in [1.807, 2.05) is 0 Å². The van der Waals surface area contributed by atoms with Crippen molar-refractivity contribution in [2.24, 2.45) is 5.41 Å². The van der Waals surface area contributed by atoms with Gasteiger partial charge < -0.3 is 15.1 Å². The van der Waals surface area contributed by atoms with Crippen molar-refractivity contribution < 1.29 is 4.42 Å². The Morgan fingerprint density at radius 1 is 1.33 bits per heavy atom. The fraction of sp³-hybridized carbons (Fsp3) is 0.846. The third kappa shape index (κ3) is 3.22. The van der Waals surface area contributed by atoms with Gasteiger partial charge in [0.25, 0.3) is 0 Å². The van der Waals surface area contributed by atoms with Gasteiger partial charge in [-0.05, 0) is 24.8 Å². The monoisotopic (exact) mass is 252 g/mol. The van der Waals surface area contributed by atoms with E-state index < -0.39 is 0 Å². The van der Waals surface area contributed by atoms with Crippen LogP contribution >= 0.6 is 0 Å². The highest BCUT2D eigenvalue weighted by Gasteiger charge is 2.33. The van der Waals surface area contributed by atoms with Crippen LogP contribution in [-0.4, -0.2) is 22.8 Å². The lowest BCUT2D eigenvalue weighted by atomic mass is 9.73. The van der Waals surface area contributed by atoms with Crippen molar-refractivity contribution in [2.75, 3.05) is 11.9 Å². The SMILES string of the molecule is CCNCc1nnc(NC2CCCCC2(C)C)o1. The van der Waals surface area contributed by atoms with E-state index in [4.69, 9.17) is 4.42 Å². The van der Waals surface area contributed by atoms with Crippen molar-refractivity contribution in [3.63, 3.8) is 0 Å². The summed E-state index contributed by atoms with van der Waals surface area (Å²) >= 11 is 0. The first-order valence-corrected chi connectivity index (χ1v) is 6.91. The maximum atomic E-state index is 5.59. The van der Waals surface area contributed by atoms with Gasteiger partial charge in [-0.3, -0.25) is 0 Å².